The van der Waals surface area contributed by atoms with Gasteiger partial charge in [-0.25, -0.2) is 16.8 Å². The highest BCUT2D eigenvalue weighted by Gasteiger charge is 2.36. The van der Waals surface area contributed by atoms with Crippen molar-refractivity contribution in [1.82, 2.24) is 4.31 Å². The molecule has 0 saturated carbocycles. The minimum atomic E-state index is -3.86. The van der Waals surface area contributed by atoms with Gasteiger partial charge in [0, 0.05) is 12.0 Å². The Kier molecular flexibility index (Phi) is 5.05. The molecule has 0 aliphatic carbocycles. The Morgan fingerprint density at radius 1 is 1.08 bits per heavy atom. The first-order valence-electron chi connectivity index (χ1n) is 8.23. The molecule has 0 N–H and O–H groups in total. The second kappa shape index (κ2) is 6.98. The summed E-state index contributed by atoms with van der Waals surface area (Å²) in [5.74, 6) is -0.232. The summed E-state index contributed by atoms with van der Waals surface area (Å²) in [6, 6.07) is 13.6. The summed E-state index contributed by atoms with van der Waals surface area (Å²) < 4.78 is 51.7. The van der Waals surface area contributed by atoms with Crippen LogP contribution in [0.3, 0.4) is 0 Å². The van der Waals surface area contributed by atoms with Gasteiger partial charge in [-0.2, -0.15) is 4.31 Å². The van der Waals surface area contributed by atoms with Gasteiger partial charge in [0.1, 0.15) is 0 Å². The fraction of sp³-hybridized carbons (Fsp3) is 0.263. The van der Waals surface area contributed by atoms with Crippen LogP contribution in [0.1, 0.15) is 16.7 Å². The predicted octanol–water partition coefficient (Wildman–Crippen LogP) is 2.81. The van der Waals surface area contributed by atoms with Gasteiger partial charge in [0.25, 0.3) is 0 Å². The number of aryl methyl sites for hydroxylation is 2. The van der Waals surface area contributed by atoms with Crippen LogP contribution >= 0.6 is 0 Å². The molecule has 7 heteroatoms. The van der Waals surface area contributed by atoms with Gasteiger partial charge < -0.3 is 0 Å². The number of rotatable bonds is 5. The third-order valence-electron chi connectivity index (χ3n) is 4.38. The molecule has 3 rings (SSSR count). The lowest BCUT2D eigenvalue weighted by molar-refractivity contribution is 0.375. The van der Waals surface area contributed by atoms with E-state index in [2.05, 4.69) is 0 Å². The maximum Gasteiger partial charge on any atom is 0.244 e. The van der Waals surface area contributed by atoms with Crippen LogP contribution in [0.4, 0.5) is 0 Å². The molecule has 1 aliphatic heterocycles. The van der Waals surface area contributed by atoms with Gasteiger partial charge in [-0.05, 0) is 31.0 Å². The predicted molar refractivity (Wildman–Crippen MR) is 102 cm³/mol. The SMILES string of the molecule is Cc1ccc(S(=O)(=O)N(Cc2ccccc2)[C@@H]2C=CS(=O)(=O)C2)c(C)c1. The monoisotopic (exact) mass is 391 g/mol. The molecule has 26 heavy (non-hydrogen) atoms. The molecule has 0 radical (unpaired) electrons. The van der Waals surface area contributed by atoms with E-state index >= 15 is 0 Å². The highest BCUT2D eigenvalue weighted by atomic mass is 32.2. The molecule has 2 aromatic carbocycles. The second-order valence-corrected chi connectivity index (χ2v) is 10.3. The lowest BCUT2D eigenvalue weighted by atomic mass is 10.2. The van der Waals surface area contributed by atoms with E-state index in [1.54, 1.807) is 19.1 Å². The molecule has 0 saturated heterocycles. The molecular weight excluding hydrogens is 370 g/mol. The van der Waals surface area contributed by atoms with Gasteiger partial charge in [-0.15, -0.1) is 0 Å². The van der Waals surface area contributed by atoms with E-state index in [4.69, 9.17) is 0 Å². The quantitative estimate of drug-likeness (QED) is 0.786. The average Bonchev–Trinajstić information content (AvgIpc) is 2.92. The van der Waals surface area contributed by atoms with Crippen molar-refractivity contribution < 1.29 is 16.8 Å². The molecule has 2 aromatic rings. The van der Waals surface area contributed by atoms with Gasteiger partial charge in [0.05, 0.1) is 16.7 Å². The number of benzene rings is 2. The summed E-state index contributed by atoms with van der Waals surface area (Å²) >= 11 is 0. The van der Waals surface area contributed by atoms with E-state index < -0.39 is 25.9 Å². The van der Waals surface area contributed by atoms with Crippen molar-refractivity contribution in [2.24, 2.45) is 0 Å². The summed E-state index contributed by atoms with van der Waals surface area (Å²) in [7, 11) is -7.24. The fourth-order valence-corrected chi connectivity index (χ4v) is 6.27. The molecule has 1 atom stereocenters. The summed E-state index contributed by atoms with van der Waals surface area (Å²) in [6.45, 7) is 3.76. The average molecular weight is 392 g/mol. The molecule has 1 heterocycles. The highest BCUT2D eigenvalue weighted by Crippen LogP contribution is 2.27. The van der Waals surface area contributed by atoms with Gasteiger partial charge in [0.2, 0.25) is 10.0 Å². The molecule has 138 valence electrons. The van der Waals surface area contributed by atoms with E-state index in [9.17, 15) is 16.8 Å². The van der Waals surface area contributed by atoms with Gasteiger partial charge in [0.15, 0.2) is 9.84 Å². The molecule has 0 unspecified atom stereocenters. The molecule has 0 spiro atoms. The van der Waals surface area contributed by atoms with Crippen molar-refractivity contribution in [1.29, 1.82) is 0 Å². The van der Waals surface area contributed by atoms with Crippen LogP contribution < -0.4 is 0 Å². The zero-order chi connectivity index (χ0) is 18.9. The number of sulfone groups is 1. The molecular formula is C19H21NO4S2. The first-order valence-corrected chi connectivity index (χ1v) is 11.4. The van der Waals surface area contributed by atoms with Gasteiger partial charge >= 0.3 is 0 Å². The summed E-state index contributed by atoms with van der Waals surface area (Å²) in [4.78, 5) is 0.205. The van der Waals surface area contributed by atoms with E-state index in [1.807, 2.05) is 43.3 Å². The van der Waals surface area contributed by atoms with Crippen molar-refractivity contribution in [2.45, 2.75) is 31.3 Å². The molecule has 5 nitrogen and oxygen atoms in total. The number of nitrogens with zero attached hydrogens (tertiary/aromatic N) is 1. The third kappa shape index (κ3) is 3.90. The summed E-state index contributed by atoms with van der Waals surface area (Å²) in [5, 5.41) is 1.10. The largest absolute Gasteiger partial charge is 0.244 e. The number of hydrogen-bond acceptors (Lipinski definition) is 4. The van der Waals surface area contributed by atoms with Crippen LogP contribution in [0.5, 0.6) is 0 Å². The van der Waals surface area contributed by atoms with Crippen molar-refractivity contribution >= 4 is 19.9 Å². The first-order chi connectivity index (χ1) is 12.2. The van der Waals surface area contributed by atoms with Crippen LogP contribution in [0, 0.1) is 13.8 Å². The normalized spacial score (nSPS) is 19.1. The Balaban J connectivity index is 2.06. The van der Waals surface area contributed by atoms with Crippen molar-refractivity contribution in [3.05, 3.63) is 76.7 Å². The summed E-state index contributed by atoms with van der Waals surface area (Å²) in [6.07, 6.45) is 1.46. The fourth-order valence-electron chi connectivity index (χ4n) is 3.10. The van der Waals surface area contributed by atoms with Gasteiger partial charge in [-0.3, -0.25) is 0 Å². The van der Waals surface area contributed by atoms with E-state index in [-0.39, 0.29) is 17.2 Å². The standard InChI is InChI=1S/C19H21NO4S2/c1-15-8-9-19(16(2)12-15)26(23,24)20(13-17-6-4-3-5-7-17)18-10-11-25(21,22)14-18/h3-12,18H,13-14H2,1-2H3/t18-/m1/s1. The minimum absolute atomic E-state index is 0.112. The lowest BCUT2D eigenvalue weighted by Crippen LogP contribution is -2.40. The second-order valence-electron chi connectivity index (χ2n) is 6.53. The Morgan fingerprint density at radius 3 is 2.35 bits per heavy atom. The van der Waals surface area contributed by atoms with E-state index in [0.29, 0.717) is 5.56 Å². The molecule has 0 fully saturated rings. The van der Waals surface area contributed by atoms with Crippen molar-refractivity contribution in [3.63, 3.8) is 0 Å². The Labute approximate surface area is 154 Å². The maximum absolute atomic E-state index is 13.4. The molecule has 0 bridgehead atoms. The summed E-state index contributed by atoms with van der Waals surface area (Å²) in [5.41, 5.74) is 2.42. The molecule has 0 amide bonds. The van der Waals surface area contributed by atoms with E-state index in [1.165, 1.54) is 10.4 Å². The van der Waals surface area contributed by atoms with E-state index in [0.717, 1.165) is 16.5 Å². The third-order valence-corrected chi connectivity index (χ3v) is 7.79. The highest BCUT2D eigenvalue weighted by molar-refractivity contribution is 7.94. The Bertz CT molecular complexity index is 1040. The Morgan fingerprint density at radius 2 is 1.77 bits per heavy atom. The maximum atomic E-state index is 13.4. The lowest BCUT2D eigenvalue weighted by Gasteiger charge is -2.27. The van der Waals surface area contributed by atoms with Gasteiger partial charge in [-0.1, -0.05) is 54.1 Å². The topological polar surface area (TPSA) is 71.5 Å². The van der Waals surface area contributed by atoms with Crippen LogP contribution in [0.15, 0.2) is 64.9 Å². The zero-order valence-electron chi connectivity index (χ0n) is 14.7. The number of sulfonamides is 1. The van der Waals surface area contributed by atoms with Crippen LogP contribution in [0.25, 0.3) is 0 Å². The van der Waals surface area contributed by atoms with Crippen molar-refractivity contribution in [2.75, 3.05) is 5.75 Å². The van der Waals surface area contributed by atoms with Crippen LogP contribution in [-0.2, 0) is 26.4 Å². The molecule has 1 aliphatic rings. The Hall–Kier alpha value is -1.96. The zero-order valence-corrected chi connectivity index (χ0v) is 16.3. The first kappa shape index (κ1) is 18.8. The van der Waals surface area contributed by atoms with Crippen molar-refractivity contribution in [3.8, 4) is 0 Å². The van der Waals surface area contributed by atoms with Crippen LogP contribution in [0.2, 0.25) is 0 Å². The smallest absolute Gasteiger partial charge is 0.224 e. The van der Waals surface area contributed by atoms with Crippen LogP contribution in [-0.4, -0.2) is 32.9 Å². The number of hydrogen-bond donors (Lipinski definition) is 0. The molecule has 0 aromatic heterocycles. The minimum Gasteiger partial charge on any atom is -0.224 e.